The number of hydrogen-bond donors (Lipinski definition) is 0. The number of thioether (sulfide) groups is 1. The standard InChI is InChI=1S/C19H20N4O3S2.ClH/c1-21(2)11-12-22(18(24)13-7-9-14(10-8-13)23(25)26)19-20-17-15(27-3)5-4-6-16(17)28-19;/h4-10H,11-12H2,1-3H3;1H. The molecule has 0 atom stereocenters. The second-order valence-corrected chi connectivity index (χ2v) is 8.22. The third kappa shape index (κ3) is 5.24. The van der Waals surface area contributed by atoms with Crippen molar-refractivity contribution in [3.8, 4) is 0 Å². The van der Waals surface area contributed by atoms with Crippen molar-refractivity contribution in [1.82, 2.24) is 9.88 Å². The normalized spacial score (nSPS) is 10.8. The summed E-state index contributed by atoms with van der Waals surface area (Å²) in [5, 5.41) is 11.5. The van der Waals surface area contributed by atoms with Gasteiger partial charge in [-0.2, -0.15) is 0 Å². The van der Waals surface area contributed by atoms with E-state index < -0.39 is 4.92 Å². The number of amides is 1. The summed E-state index contributed by atoms with van der Waals surface area (Å²) in [5.41, 5.74) is 1.25. The Hall–Kier alpha value is -2.20. The Morgan fingerprint density at radius 2 is 1.86 bits per heavy atom. The third-order valence-corrected chi connectivity index (χ3v) is 5.98. The molecule has 0 saturated heterocycles. The van der Waals surface area contributed by atoms with Gasteiger partial charge in [0.25, 0.3) is 11.6 Å². The van der Waals surface area contributed by atoms with Crippen molar-refractivity contribution in [1.29, 1.82) is 0 Å². The zero-order valence-electron chi connectivity index (χ0n) is 16.2. The maximum absolute atomic E-state index is 13.2. The molecule has 0 spiro atoms. The maximum atomic E-state index is 13.2. The SMILES string of the molecule is CSc1cccc2sc(N(CCN(C)C)C(=O)c3ccc([N+](=O)[O-])cc3)nc12.Cl. The molecule has 0 aliphatic rings. The monoisotopic (exact) mass is 452 g/mol. The number of aromatic nitrogens is 1. The van der Waals surface area contributed by atoms with Crippen LogP contribution in [0, 0.1) is 10.1 Å². The van der Waals surface area contributed by atoms with Crippen LogP contribution in [-0.2, 0) is 0 Å². The summed E-state index contributed by atoms with van der Waals surface area (Å²) < 4.78 is 1.02. The fourth-order valence-electron chi connectivity index (χ4n) is 2.66. The Labute approximate surface area is 183 Å². The summed E-state index contributed by atoms with van der Waals surface area (Å²) in [6, 6.07) is 11.7. The molecule has 0 aliphatic carbocycles. The molecule has 0 bridgehead atoms. The first-order chi connectivity index (χ1) is 13.4. The Kier molecular flexibility index (Phi) is 7.97. The van der Waals surface area contributed by atoms with Crippen molar-refractivity contribution >= 4 is 62.4 Å². The number of non-ortho nitro benzene ring substituents is 1. The number of para-hydroxylation sites is 1. The minimum absolute atomic E-state index is 0. The summed E-state index contributed by atoms with van der Waals surface area (Å²) in [7, 11) is 3.89. The van der Waals surface area contributed by atoms with Gasteiger partial charge in [-0.05, 0) is 44.6 Å². The predicted molar refractivity (Wildman–Crippen MR) is 122 cm³/mol. The molecule has 0 unspecified atom stereocenters. The number of anilines is 1. The van der Waals surface area contributed by atoms with Crippen LogP contribution in [0.1, 0.15) is 10.4 Å². The minimum Gasteiger partial charge on any atom is -0.308 e. The van der Waals surface area contributed by atoms with E-state index in [2.05, 4.69) is 0 Å². The zero-order chi connectivity index (χ0) is 20.3. The first-order valence-electron chi connectivity index (χ1n) is 8.55. The second kappa shape index (κ2) is 10.0. The number of nitro benzene ring substituents is 1. The lowest BCUT2D eigenvalue weighted by Gasteiger charge is -2.22. The molecule has 0 radical (unpaired) electrons. The molecule has 1 amide bonds. The Morgan fingerprint density at radius 1 is 1.17 bits per heavy atom. The molecule has 0 fully saturated rings. The van der Waals surface area contributed by atoms with Crippen LogP contribution < -0.4 is 4.90 Å². The van der Waals surface area contributed by atoms with Gasteiger partial charge in [0.2, 0.25) is 0 Å². The van der Waals surface area contributed by atoms with Crippen molar-refractivity contribution in [2.75, 3.05) is 38.3 Å². The summed E-state index contributed by atoms with van der Waals surface area (Å²) in [6.45, 7) is 1.14. The van der Waals surface area contributed by atoms with Gasteiger partial charge in [-0.25, -0.2) is 4.98 Å². The van der Waals surface area contributed by atoms with Crippen molar-refractivity contribution in [2.24, 2.45) is 0 Å². The molecule has 154 valence electrons. The van der Waals surface area contributed by atoms with Gasteiger partial charge in [-0.3, -0.25) is 19.8 Å². The van der Waals surface area contributed by atoms with Crippen LogP contribution in [-0.4, -0.2) is 54.2 Å². The minimum atomic E-state index is -0.477. The summed E-state index contributed by atoms with van der Waals surface area (Å²) in [5.74, 6) is -0.221. The van der Waals surface area contributed by atoms with Gasteiger partial charge in [0.1, 0.15) is 0 Å². The van der Waals surface area contributed by atoms with Gasteiger partial charge < -0.3 is 4.90 Å². The van der Waals surface area contributed by atoms with E-state index in [1.165, 1.54) is 35.6 Å². The van der Waals surface area contributed by atoms with Gasteiger partial charge in [-0.1, -0.05) is 17.4 Å². The molecular weight excluding hydrogens is 432 g/mol. The smallest absolute Gasteiger partial charge is 0.269 e. The highest BCUT2D eigenvalue weighted by molar-refractivity contribution is 7.98. The average Bonchev–Trinajstić information content (AvgIpc) is 3.11. The maximum Gasteiger partial charge on any atom is 0.269 e. The molecule has 0 saturated carbocycles. The number of nitrogens with zero attached hydrogens (tertiary/aromatic N) is 4. The van der Waals surface area contributed by atoms with Crippen molar-refractivity contribution in [3.05, 3.63) is 58.1 Å². The van der Waals surface area contributed by atoms with E-state index in [0.717, 1.165) is 15.1 Å². The highest BCUT2D eigenvalue weighted by Gasteiger charge is 2.22. The number of benzene rings is 2. The van der Waals surface area contributed by atoms with E-state index in [1.54, 1.807) is 16.7 Å². The van der Waals surface area contributed by atoms with Crippen molar-refractivity contribution in [2.45, 2.75) is 4.90 Å². The molecule has 1 aromatic heterocycles. The molecule has 2 aromatic carbocycles. The first kappa shape index (κ1) is 23.1. The number of carbonyl (C=O) groups excluding carboxylic acids is 1. The number of rotatable bonds is 7. The summed E-state index contributed by atoms with van der Waals surface area (Å²) in [4.78, 5) is 33.0. The van der Waals surface area contributed by atoms with Crippen LogP contribution in [0.25, 0.3) is 10.2 Å². The molecule has 3 rings (SSSR count). The van der Waals surface area contributed by atoms with Crippen LogP contribution in [0.4, 0.5) is 10.8 Å². The Morgan fingerprint density at radius 3 is 2.45 bits per heavy atom. The van der Waals surface area contributed by atoms with Crippen molar-refractivity contribution in [3.63, 3.8) is 0 Å². The number of fused-ring (bicyclic) bond motifs is 1. The predicted octanol–water partition coefficient (Wildman–Crippen LogP) is 4.56. The quantitative estimate of drug-likeness (QED) is 0.297. The van der Waals surface area contributed by atoms with E-state index in [4.69, 9.17) is 4.98 Å². The molecular formula is C19H21ClN4O3S2. The van der Waals surface area contributed by atoms with Crippen LogP contribution in [0.5, 0.6) is 0 Å². The van der Waals surface area contributed by atoms with Gasteiger partial charge >= 0.3 is 0 Å². The number of hydrogen-bond acceptors (Lipinski definition) is 7. The lowest BCUT2D eigenvalue weighted by Crippen LogP contribution is -2.36. The van der Waals surface area contributed by atoms with Crippen LogP contribution >= 0.6 is 35.5 Å². The highest BCUT2D eigenvalue weighted by atomic mass is 35.5. The van der Waals surface area contributed by atoms with E-state index in [-0.39, 0.29) is 24.0 Å². The lowest BCUT2D eigenvalue weighted by molar-refractivity contribution is -0.384. The number of nitro groups is 1. The summed E-state index contributed by atoms with van der Waals surface area (Å²) in [6.07, 6.45) is 2.00. The van der Waals surface area contributed by atoms with Crippen LogP contribution in [0.3, 0.4) is 0 Å². The largest absolute Gasteiger partial charge is 0.308 e. The first-order valence-corrected chi connectivity index (χ1v) is 10.6. The molecule has 0 aliphatic heterocycles. The van der Waals surface area contributed by atoms with Gasteiger partial charge in [0, 0.05) is 35.7 Å². The van der Waals surface area contributed by atoms with E-state index in [0.29, 0.717) is 23.8 Å². The second-order valence-electron chi connectivity index (χ2n) is 6.37. The molecule has 29 heavy (non-hydrogen) atoms. The third-order valence-electron chi connectivity index (χ3n) is 4.16. The van der Waals surface area contributed by atoms with E-state index >= 15 is 0 Å². The highest BCUT2D eigenvalue weighted by Crippen LogP contribution is 2.34. The fourth-order valence-corrected chi connectivity index (χ4v) is 4.30. The van der Waals surface area contributed by atoms with Crippen LogP contribution in [0.15, 0.2) is 47.4 Å². The van der Waals surface area contributed by atoms with Gasteiger partial charge in [-0.15, -0.1) is 24.2 Å². The number of carbonyl (C=O) groups is 1. The fraction of sp³-hybridized carbons (Fsp3) is 0.263. The number of likely N-dealkylation sites (N-methyl/N-ethyl adjacent to an activating group) is 1. The summed E-state index contributed by atoms with van der Waals surface area (Å²) >= 11 is 3.09. The molecule has 10 heteroatoms. The van der Waals surface area contributed by atoms with Crippen molar-refractivity contribution < 1.29 is 9.72 Å². The molecule has 1 heterocycles. The molecule has 0 N–H and O–H groups in total. The average molecular weight is 453 g/mol. The van der Waals surface area contributed by atoms with Gasteiger partial charge in [0.15, 0.2) is 5.13 Å². The number of thiazole rings is 1. The Balaban J connectivity index is 0.00000300. The number of halogens is 1. The van der Waals surface area contributed by atoms with E-state index in [1.807, 2.05) is 43.5 Å². The molecule has 7 nitrogen and oxygen atoms in total. The zero-order valence-corrected chi connectivity index (χ0v) is 18.6. The van der Waals surface area contributed by atoms with E-state index in [9.17, 15) is 14.9 Å². The van der Waals surface area contributed by atoms with Crippen LogP contribution in [0.2, 0.25) is 0 Å². The lowest BCUT2D eigenvalue weighted by atomic mass is 10.2. The Bertz CT molecular complexity index is 1010. The molecule has 3 aromatic rings. The van der Waals surface area contributed by atoms with Gasteiger partial charge in [0.05, 0.1) is 15.1 Å². The topological polar surface area (TPSA) is 79.6 Å².